The molecule has 2 nitrogen and oxygen atoms in total. The van der Waals surface area contributed by atoms with E-state index in [2.05, 4.69) is 12.2 Å². The van der Waals surface area contributed by atoms with Crippen LogP contribution in [0.2, 0.25) is 0 Å². The lowest BCUT2D eigenvalue weighted by Gasteiger charge is -2.42. The van der Waals surface area contributed by atoms with Crippen LogP contribution >= 0.6 is 0 Å². The predicted octanol–water partition coefficient (Wildman–Crippen LogP) is 2.07. The summed E-state index contributed by atoms with van der Waals surface area (Å²) >= 11 is 0. The third-order valence-corrected chi connectivity index (χ3v) is 4.38. The summed E-state index contributed by atoms with van der Waals surface area (Å²) in [5.41, 5.74) is 0.586. The Bertz CT molecular complexity index is 183. The van der Waals surface area contributed by atoms with Crippen molar-refractivity contribution in [1.82, 2.24) is 5.32 Å². The van der Waals surface area contributed by atoms with Crippen molar-refractivity contribution >= 4 is 0 Å². The molecule has 14 heavy (non-hydrogen) atoms. The second kappa shape index (κ2) is 4.19. The highest BCUT2D eigenvalue weighted by Gasteiger charge is 2.36. The van der Waals surface area contributed by atoms with Crippen LogP contribution in [0.3, 0.4) is 0 Å². The van der Waals surface area contributed by atoms with E-state index in [-0.39, 0.29) is 6.10 Å². The minimum absolute atomic E-state index is 0.0796. The first kappa shape index (κ1) is 10.4. The molecule has 2 heteroatoms. The van der Waals surface area contributed by atoms with Crippen LogP contribution in [0.25, 0.3) is 0 Å². The van der Waals surface area contributed by atoms with E-state index in [4.69, 9.17) is 0 Å². The van der Waals surface area contributed by atoms with Gasteiger partial charge in [0.2, 0.25) is 0 Å². The summed E-state index contributed by atoms with van der Waals surface area (Å²) in [5.74, 6) is 0. The lowest BCUT2D eigenvalue weighted by Crippen LogP contribution is -2.45. The van der Waals surface area contributed by atoms with Gasteiger partial charge in [-0.25, -0.2) is 0 Å². The molecule has 0 heterocycles. The van der Waals surface area contributed by atoms with Crippen molar-refractivity contribution < 1.29 is 5.11 Å². The molecular formula is C12H23NO. The van der Waals surface area contributed by atoms with Gasteiger partial charge >= 0.3 is 0 Å². The average Bonchev–Trinajstić information content (AvgIpc) is 2.51. The van der Waals surface area contributed by atoms with E-state index in [1.165, 1.54) is 38.5 Å². The van der Waals surface area contributed by atoms with E-state index in [1.54, 1.807) is 0 Å². The fourth-order valence-corrected chi connectivity index (χ4v) is 2.86. The highest BCUT2D eigenvalue weighted by atomic mass is 16.3. The molecule has 2 saturated carbocycles. The molecule has 0 amide bonds. The molecule has 0 aliphatic heterocycles. The zero-order valence-electron chi connectivity index (χ0n) is 9.26. The molecular weight excluding hydrogens is 174 g/mol. The van der Waals surface area contributed by atoms with Gasteiger partial charge in [-0.1, -0.05) is 13.3 Å². The number of rotatable bonds is 4. The molecule has 82 valence electrons. The largest absolute Gasteiger partial charge is 0.392 e. The Morgan fingerprint density at radius 2 is 2.07 bits per heavy atom. The van der Waals surface area contributed by atoms with Gasteiger partial charge in [0, 0.05) is 12.6 Å². The minimum Gasteiger partial charge on any atom is -0.392 e. The predicted molar refractivity (Wildman–Crippen MR) is 58.2 cm³/mol. The number of aliphatic hydroxyl groups excluding tert-OH is 1. The standard InChI is InChI=1S/C12H23NO/c1-2-12(7-4-8-12)9-13-10-5-3-6-11(10)14/h10-11,13-14H,2-9H2,1H3/t10-,11-/m1/s1. The molecule has 0 saturated heterocycles. The Kier molecular flexibility index (Phi) is 3.13. The van der Waals surface area contributed by atoms with Gasteiger partial charge in [0.25, 0.3) is 0 Å². The van der Waals surface area contributed by atoms with Crippen molar-refractivity contribution in [2.75, 3.05) is 6.54 Å². The van der Waals surface area contributed by atoms with Gasteiger partial charge < -0.3 is 10.4 Å². The highest BCUT2D eigenvalue weighted by molar-refractivity contribution is 4.91. The fraction of sp³-hybridized carbons (Fsp3) is 1.00. The Morgan fingerprint density at radius 3 is 2.50 bits per heavy atom. The van der Waals surface area contributed by atoms with Crippen molar-refractivity contribution in [3.63, 3.8) is 0 Å². The van der Waals surface area contributed by atoms with E-state index in [0.29, 0.717) is 11.5 Å². The van der Waals surface area contributed by atoms with Gasteiger partial charge in [0.05, 0.1) is 6.10 Å². The fourth-order valence-electron chi connectivity index (χ4n) is 2.86. The van der Waals surface area contributed by atoms with Crippen molar-refractivity contribution in [1.29, 1.82) is 0 Å². The second-order valence-electron chi connectivity index (χ2n) is 5.19. The highest BCUT2D eigenvalue weighted by Crippen LogP contribution is 2.43. The maximum Gasteiger partial charge on any atom is 0.0693 e. The Balaban J connectivity index is 1.75. The molecule has 0 bridgehead atoms. The molecule has 0 unspecified atom stereocenters. The Labute approximate surface area is 87.1 Å². The summed E-state index contributed by atoms with van der Waals surface area (Å²) in [7, 11) is 0. The van der Waals surface area contributed by atoms with Gasteiger partial charge in [-0.3, -0.25) is 0 Å². The van der Waals surface area contributed by atoms with Gasteiger partial charge in [0.1, 0.15) is 0 Å². The third kappa shape index (κ3) is 1.96. The van der Waals surface area contributed by atoms with Gasteiger partial charge in [0.15, 0.2) is 0 Å². The lowest BCUT2D eigenvalue weighted by atomic mass is 9.67. The number of hydrogen-bond acceptors (Lipinski definition) is 2. The quantitative estimate of drug-likeness (QED) is 0.723. The van der Waals surface area contributed by atoms with Crippen LogP contribution in [0.4, 0.5) is 0 Å². The van der Waals surface area contributed by atoms with E-state index in [9.17, 15) is 5.11 Å². The molecule has 0 spiro atoms. The van der Waals surface area contributed by atoms with Crippen molar-refractivity contribution in [2.45, 2.75) is 64.0 Å². The zero-order valence-corrected chi connectivity index (χ0v) is 9.26. The normalized spacial score (nSPS) is 35.6. The SMILES string of the molecule is CCC1(CN[C@@H]2CCC[C@H]2O)CCC1. The molecule has 2 fully saturated rings. The van der Waals surface area contributed by atoms with E-state index < -0.39 is 0 Å². The number of nitrogens with one attached hydrogen (secondary N) is 1. The molecule has 2 atom stereocenters. The van der Waals surface area contributed by atoms with Crippen LogP contribution in [-0.2, 0) is 0 Å². The summed E-state index contributed by atoms with van der Waals surface area (Å²) in [5, 5.41) is 13.3. The summed E-state index contributed by atoms with van der Waals surface area (Å²) in [6.45, 7) is 3.43. The summed E-state index contributed by atoms with van der Waals surface area (Å²) in [4.78, 5) is 0. The van der Waals surface area contributed by atoms with Gasteiger partial charge in [-0.05, 0) is 43.9 Å². The Morgan fingerprint density at radius 1 is 1.29 bits per heavy atom. The first-order valence-electron chi connectivity index (χ1n) is 6.17. The van der Waals surface area contributed by atoms with Gasteiger partial charge in [-0.15, -0.1) is 0 Å². The summed E-state index contributed by atoms with van der Waals surface area (Å²) < 4.78 is 0. The monoisotopic (exact) mass is 197 g/mol. The lowest BCUT2D eigenvalue weighted by molar-refractivity contribution is 0.0964. The number of aliphatic hydroxyl groups is 1. The second-order valence-corrected chi connectivity index (χ2v) is 5.19. The van der Waals surface area contributed by atoms with Crippen LogP contribution < -0.4 is 5.32 Å². The van der Waals surface area contributed by atoms with Crippen LogP contribution in [0, 0.1) is 5.41 Å². The maximum atomic E-state index is 9.69. The van der Waals surface area contributed by atoms with E-state index in [0.717, 1.165) is 13.0 Å². The van der Waals surface area contributed by atoms with Gasteiger partial charge in [-0.2, -0.15) is 0 Å². The average molecular weight is 197 g/mol. The number of hydrogen-bond donors (Lipinski definition) is 2. The third-order valence-electron chi connectivity index (χ3n) is 4.38. The summed E-state index contributed by atoms with van der Waals surface area (Å²) in [6, 6.07) is 0.388. The van der Waals surface area contributed by atoms with Crippen LogP contribution in [0.15, 0.2) is 0 Å². The van der Waals surface area contributed by atoms with Crippen LogP contribution in [-0.4, -0.2) is 23.8 Å². The Hall–Kier alpha value is -0.0800. The van der Waals surface area contributed by atoms with Crippen LogP contribution in [0.5, 0.6) is 0 Å². The summed E-state index contributed by atoms with van der Waals surface area (Å²) in [6.07, 6.45) is 8.75. The smallest absolute Gasteiger partial charge is 0.0693 e. The van der Waals surface area contributed by atoms with Crippen molar-refractivity contribution in [3.8, 4) is 0 Å². The molecule has 2 N–H and O–H groups in total. The molecule has 2 rings (SSSR count). The zero-order chi connectivity index (χ0) is 10.0. The molecule has 2 aliphatic carbocycles. The molecule has 0 aromatic carbocycles. The van der Waals surface area contributed by atoms with E-state index >= 15 is 0 Å². The first-order chi connectivity index (χ1) is 6.76. The molecule has 0 aromatic heterocycles. The molecule has 0 radical (unpaired) electrons. The topological polar surface area (TPSA) is 32.3 Å². The molecule has 2 aliphatic rings. The van der Waals surface area contributed by atoms with Crippen molar-refractivity contribution in [3.05, 3.63) is 0 Å². The first-order valence-corrected chi connectivity index (χ1v) is 6.17. The van der Waals surface area contributed by atoms with E-state index in [1.807, 2.05) is 0 Å². The van der Waals surface area contributed by atoms with Crippen molar-refractivity contribution in [2.24, 2.45) is 5.41 Å². The molecule has 0 aromatic rings. The maximum absolute atomic E-state index is 9.69. The minimum atomic E-state index is -0.0796. The van der Waals surface area contributed by atoms with Crippen LogP contribution in [0.1, 0.15) is 51.9 Å².